The van der Waals surface area contributed by atoms with Gasteiger partial charge in [0.2, 0.25) is 0 Å². The molecule has 0 aliphatic heterocycles. The Hall–Kier alpha value is -0.670. The summed E-state index contributed by atoms with van der Waals surface area (Å²) < 4.78 is 0. The molecule has 1 aromatic rings. The van der Waals surface area contributed by atoms with Crippen LogP contribution in [-0.4, -0.2) is 11.8 Å². The van der Waals surface area contributed by atoms with Crippen LogP contribution in [0.1, 0.15) is 25.1 Å². The molecule has 1 unspecified atom stereocenters. The van der Waals surface area contributed by atoms with Crippen LogP contribution in [0.25, 0.3) is 0 Å². The van der Waals surface area contributed by atoms with E-state index in [0.29, 0.717) is 6.42 Å². The van der Waals surface area contributed by atoms with Crippen molar-refractivity contribution in [3.8, 4) is 0 Å². The molecule has 3 heteroatoms. The van der Waals surface area contributed by atoms with Gasteiger partial charge in [-0.2, -0.15) is 0 Å². The number of ketones is 1. The number of nitrogens with two attached hydrogens (primary N) is 1. The highest BCUT2D eigenvalue weighted by molar-refractivity contribution is 7.09. The second-order valence-electron chi connectivity index (χ2n) is 3.82. The third-order valence-corrected chi connectivity index (χ3v) is 3.22. The summed E-state index contributed by atoms with van der Waals surface area (Å²) in [5, 5.41) is 2.03. The number of aryl methyl sites for hydroxylation is 1. The van der Waals surface area contributed by atoms with Crippen molar-refractivity contribution in [2.75, 3.05) is 0 Å². The van der Waals surface area contributed by atoms with Crippen molar-refractivity contribution in [3.63, 3.8) is 0 Å². The van der Waals surface area contributed by atoms with E-state index in [1.807, 2.05) is 25.3 Å². The Balaban J connectivity index is 2.35. The highest BCUT2D eigenvalue weighted by Crippen LogP contribution is 2.12. The summed E-state index contributed by atoms with van der Waals surface area (Å²) in [4.78, 5) is 12.8. The van der Waals surface area contributed by atoms with Crippen molar-refractivity contribution in [1.29, 1.82) is 0 Å². The number of Topliss-reactive ketones (excluding diaryl/α,β-unsaturated/α-hetero) is 1. The average Bonchev–Trinajstić information content (AvgIpc) is 2.65. The van der Waals surface area contributed by atoms with Crippen molar-refractivity contribution in [1.82, 2.24) is 0 Å². The third-order valence-electron chi connectivity index (χ3n) is 2.29. The smallest absolute Gasteiger partial charge is 0.150 e. The van der Waals surface area contributed by atoms with Crippen LogP contribution in [0.3, 0.4) is 0 Å². The molecule has 0 radical (unpaired) electrons. The second-order valence-corrected chi connectivity index (χ2v) is 4.85. The molecule has 0 aliphatic carbocycles. The Kier molecular flexibility index (Phi) is 4.29. The average molecular weight is 211 g/mol. The van der Waals surface area contributed by atoms with E-state index < -0.39 is 0 Å². The molecule has 14 heavy (non-hydrogen) atoms. The Morgan fingerprint density at radius 1 is 1.57 bits per heavy atom. The standard InChI is InChI=1S/C11H17NOS/c1-8(2)11(12)10(13)6-5-9-4-3-7-14-9/h3-4,7-8,11H,5-6,12H2,1-2H3. The van der Waals surface area contributed by atoms with Crippen LogP contribution in [0.4, 0.5) is 0 Å². The topological polar surface area (TPSA) is 43.1 Å². The molecule has 0 saturated carbocycles. The van der Waals surface area contributed by atoms with E-state index in [0.717, 1.165) is 6.42 Å². The summed E-state index contributed by atoms with van der Waals surface area (Å²) >= 11 is 1.69. The zero-order chi connectivity index (χ0) is 10.6. The van der Waals surface area contributed by atoms with Crippen molar-refractivity contribution in [2.24, 2.45) is 11.7 Å². The Morgan fingerprint density at radius 2 is 2.29 bits per heavy atom. The van der Waals surface area contributed by atoms with Crippen LogP contribution in [0.15, 0.2) is 17.5 Å². The fourth-order valence-corrected chi connectivity index (χ4v) is 1.95. The number of thiophene rings is 1. The van der Waals surface area contributed by atoms with Crippen LogP contribution in [0.2, 0.25) is 0 Å². The van der Waals surface area contributed by atoms with E-state index in [4.69, 9.17) is 5.73 Å². The molecule has 1 heterocycles. The van der Waals surface area contributed by atoms with Gasteiger partial charge in [-0.3, -0.25) is 4.79 Å². The van der Waals surface area contributed by atoms with Gasteiger partial charge in [0.1, 0.15) is 5.78 Å². The lowest BCUT2D eigenvalue weighted by atomic mass is 9.98. The zero-order valence-electron chi connectivity index (χ0n) is 8.69. The molecule has 2 N–H and O–H groups in total. The minimum absolute atomic E-state index is 0.174. The number of hydrogen-bond donors (Lipinski definition) is 1. The van der Waals surface area contributed by atoms with Crippen molar-refractivity contribution < 1.29 is 4.79 Å². The molecule has 0 aromatic carbocycles. The molecule has 0 aliphatic rings. The maximum absolute atomic E-state index is 11.6. The first-order chi connectivity index (χ1) is 6.61. The fourth-order valence-electron chi connectivity index (χ4n) is 1.24. The van der Waals surface area contributed by atoms with E-state index in [2.05, 4.69) is 6.07 Å². The Bertz CT molecular complexity index is 279. The summed E-state index contributed by atoms with van der Waals surface area (Å²) in [6.07, 6.45) is 1.40. The molecule has 0 fully saturated rings. The molecule has 78 valence electrons. The molecule has 1 aromatic heterocycles. The van der Waals surface area contributed by atoms with Gasteiger partial charge in [0.15, 0.2) is 0 Å². The van der Waals surface area contributed by atoms with Gasteiger partial charge in [-0.1, -0.05) is 19.9 Å². The minimum Gasteiger partial charge on any atom is -0.321 e. The highest BCUT2D eigenvalue weighted by Gasteiger charge is 2.16. The lowest BCUT2D eigenvalue weighted by Crippen LogP contribution is -2.35. The van der Waals surface area contributed by atoms with Crippen LogP contribution in [-0.2, 0) is 11.2 Å². The van der Waals surface area contributed by atoms with Crippen LogP contribution in [0.5, 0.6) is 0 Å². The number of carbonyl (C=O) groups excluding carboxylic acids is 1. The van der Waals surface area contributed by atoms with Crippen LogP contribution in [0, 0.1) is 5.92 Å². The van der Waals surface area contributed by atoms with Gasteiger partial charge in [0.25, 0.3) is 0 Å². The van der Waals surface area contributed by atoms with Gasteiger partial charge in [-0.05, 0) is 23.8 Å². The normalized spacial score (nSPS) is 13.1. The number of carbonyl (C=O) groups is 1. The van der Waals surface area contributed by atoms with Gasteiger partial charge < -0.3 is 5.73 Å². The first kappa shape index (κ1) is 11.4. The van der Waals surface area contributed by atoms with Crippen molar-refractivity contribution in [3.05, 3.63) is 22.4 Å². The summed E-state index contributed by atoms with van der Waals surface area (Å²) in [5.74, 6) is 0.416. The lowest BCUT2D eigenvalue weighted by Gasteiger charge is -2.13. The molecular formula is C11H17NOS. The summed E-state index contributed by atoms with van der Waals surface area (Å²) in [5.41, 5.74) is 5.75. The summed E-state index contributed by atoms with van der Waals surface area (Å²) in [6.45, 7) is 3.96. The van der Waals surface area contributed by atoms with Gasteiger partial charge >= 0.3 is 0 Å². The molecule has 1 rings (SSSR count). The Labute approximate surface area is 89.1 Å². The first-order valence-corrected chi connectivity index (χ1v) is 5.80. The lowest BCUT2D eigenvalue weighted by molar-refractivity contribution is -0.121. The van der Waals surface area contributed by atoms with E-state index in [1.165, 1.54) is 4.88 Å². The molecule has 0 saturated heterocycles. The number of rotatable bonds is 5. The third kappa shape index (κ3) is 3.24. The quantitative estimate of drug-likeness (QED) is 0.811. The van der Waals surface area contributed by atoms with E-state index in [9.17, 15) is 4.79 Å². The largest absolute Gasteiger partial charge is 0.321 e. The fraction of sp³-hybridized carbons (Fsp3) is 0.545. The van der Waals surface area contributed by atoms with Crippen molar-refractivity contribution >= 4 is 17.1 Å². The molecule has 2 nitrogen and oxygen atoms in total. The van der Waals surface area contributed by atoms with Crippen molar-refractivity contribution in [2.45, 2.75) is 32.7 Å². The zero-order valence-corrected chi connectivity index (χ0v) is 9.51. The molecular weight excluding hydrogens is 194 g/mol. The van der Waals surface area contributed by atoms with Gasteiger partial charge in [-0.15, -0.1) is 11.3 Å². The maximum atomic E-state index is 11.6. The van der Waals surface area contributed by atoms with E-state index >= 15 is 0 Å². The summed E-state index contributed by atoms with van der Waals surface area (Å²) in [7, 11) is 0. The molecule has 0 amide bonds. The summed E-state index contributed by atoms with van der Waals surface area (Å²) in [6, 6.07) is 3.76. The van der Waals surface area contributed by atoms with E-state index in [1.54, 1.807) is 11.3 Å². The monoisotopic (exact) mass is 211 g/mol. The van der Waals surface area contributed by atoms with Gasteiger partial charge in [0, 0.05) is 11.3 Å². The van der Waals surface area contributed by atoms with E-state index in [-0.39, 0.29) is 17.7 Å². The first-order valence-electron chi connectivity index (χ1n) is 4.92. The maximum Gasteiger partial charge on any atom is 0.150 e. The molecule has 0 spiro atoms. The van der Waals surface area contributed by atoms with Gasteiger partial charge in [0.05, 0.1) is 6.04 Å². The second kappa shape index (κ2) is 5.27. The Morgan fingerprint density at radius 3 is 2.79 bits per heavy atom. The predicted molar refractivity (Wildman–Crippen MR) is 60.5 cm³/mol. The van der Waals surface area contributed by atoms with Crippen LogP contribution >= 0.6 is 11.3 Å². The minimum atomic E-state index is -0.296. The highest BCUT2D eigenvalue weighted by atomic mass is 32.1. The SMILES string of the molecule is CC(C)C(N)C(=O)CCc1cccs1. The molecule has 1 atom stereocenters. The predicted octanol–water partition coefficient (Wildman–Crippen LogP) is 2.23. The molecule has 0 bridgehead atoms. The van der Waals surface area contributed by atoms with Crippen LogP contribution < -0.4 is 5.73 Å². The number of hydrogen-bond acceptors (Lipinski definition) is 3. The van der Waals surface area contributed by atoms with Gasteiger partial charge in [-0.25, -0.2) is 0 Å².